The lowest BCUT2D eigenvalue weighted by molar-refractivity contribution is 0.0939. The van der Waals surface area contributed by atoms with Crippen molar-refractivity contribution >= 4 is 5.78 Å². The molecule has 3 rings (SSSR count). The zero-order valence-corrected chi connectivity index (χ0v) is 11.9. The van der Waals surface area contributed by atoms with Crippen LogP contribution < -0.4 is 5.32 Å². The Morgan fingerprint density at radius 1 is 1.10 bits per heavy atom. The quantitative estimate of drug-likeness (QED) is 0.843. The molecule has 1 aliphatic heterocycles. The molecule has 2 nitrogen and oxygen atoms in total. The van der Waals surface area contributed by atoms with Crippen molar-refractivity contribution in [2.24, 2.45) is 0 Å². The van der Waals surface area contributed by atoms with Gasteiger partial charge in [0.15, 0.2) is 5.78 Å². The minimum Gasteiger partial charge on any atom is -0.303 e. The van der Waals surface area contributed by atoms with Crippen LogP contribution in [0.25, 0.3) is 0 Å². The number of carbonyl (C=O) groups is 1. The van der Waals surface area contributed by atoms with Gasteiger partial charge in [-0.3, -0.25) is 4.79 Å². The number of fused-ring (bicyclic) bond motifs is 1. The van der Waals surface area contributed by atoms with Gasteiger partial charge in [0.25, 0.3) is 0 Å². The first-order valence-electron chi connectivity index (χ1n) is 7.10. The van der Waals surface area contributed by atoms with Gasteiger partial charge in [-0.1, -0.05) is 42.5 Å². The Hall–Kier alpha value is -1.93. The molecule has 0 spiro atoms. The normalized spacial score (nSPS) is 17.6. The summed E-state index contributed by atoms with van der Waals surface area (Å²) in [5, 5.41) is 3.37. The van der Waals surface area contributed by atoms with E-state index in [1.807, 2.05) is 44.2 Å². The summed E-state index contributed by atoms with van der Waals surface area (Å²) in [4.78, 5) is 12.9. The third kappa shape index (κ3) is 2.16. The van der Waals surface area contributed by atoms with Gasteiger partial charge in [-0.25, -0.2) is 0 Å². The van der Waals surface area contributed by atoms with E-state index in [-0.39, 0.29) is 11.8 Å². The van der Waals surface area contributed by atoms with Gasteiger partial charge >= 0.3 is 0 Å². The van der Waals surface area contributed by atoms with Crippen LogP contribution in [0.1, 0.15) is 38.7 Å². The van der Waals surface area contributed by atoms with Crippen LogP contribution in [0, 0.1) is 13.8 Å². The average molecular weight is 265 g/mol. The first kappa shape index (κ1) is 13.1. The topological polar surface area (TPSA) is 29.1 Å². The number of rotatable bonds is 2. The van der Waals surface area contributed by atoms with Crippen molar-refractivity contribution < 1.29 is 4.79 Å². The molecule has 1 aliphatic rings. The molecule has 20 heavy (non-hydrogen) atoms. The van der Waals surface area contributed by atoms with Crippen LogP contribution in [-0.4, -0.2) is 12.3 Å². The van der Waals surface area contributed by atoms with Crippen LogP contribution in [0.5, 0.6) is 0 Å². The molecule has 102 valence electrons. The van der Waals surface area contributed by atoms with Crippen molar-refractivity contribution in [3.05, 3.63) is 70.3 Å². The van der Waals surface area contributed by atoms with Crippen molar-refractivity contribution in [2.45, 2.75) is 26.3 Å². The van der Waals surface area contributed by atoms with Crippen molar-refractivity contribution in [1.82, 2.24) is 5.32 Å². The Morgan fingerprint density at radius 3 is 2.75 bits per heavy atom. The van der Waals surface area contributed by atoms with E-state index in [0.717, 1.165) is 29.7 Å². The Bertz CT molecular complexity index is 660. The van der Waals surface area contributed by atoms with Gasteiger partial charge in [-0.15, -0.1) is 0 Å². The predicted octanol–water partition coefficient (Wildman–Crippen LogP) is 3.37. The van der Waals surface area contributed by atoms with Crippen molar-refractivity contribution in [1.29, 1.82) is 0 Å². The Kier molecular flexibility index (Phi) is 3.41. The molecule has 0 aromatic heterocycles. The molecule has 0 fully saturated rings. The van der Waals surface area contributed by atoms with E-state index in [1.165, 1.54) is 11.1 Å². The van der Waals surface area contributed by atoms with Gasteiger partial charge in [-0.2, -0.15) is 0 Å². The summed E-state index contributed by atoms with van der Waals surface area (Å²) >= 11 is 0. The second-order valence-electron chi connectivity index (χ2n) is 5.45. The number of nitrogens with one attached hydrogen (secondary N) is 1. The molecule has 1 atom stereocenters. The maximum absolute atomic E-state index is 12.9. The van der Waals surface area contributed by atoms with Gasteiger partial charge in [-0.05, 0) is 42.5 Å². The third-order valence-corrected chi connectivity index (χ3v) is 4.24. The molecule has 0 saturated heterocycles. The number of benzene rings is 2. The smallest absolute Gasteiger partial charge is 0.184 e. The molecule has 1 N–H and O–H groups in total. The molecule has 2 aromatic carbocycles. The van der Waals surface area contributed by atoms with Crippen LogP contribution in [0.3, 0.4) is 0 Å². The Labute approximate surface area is 119 Å². The molecule has 0 bridgehead atoms. The highest BCUT2D eigenvalue weighted by atomic mass is 16.1. The SMILES string of the molecule is Cc1cccc(C(=O)C2NCCc3ccccc32)c1C. The number of carbonyl (C=O) groups excluding carboxylic acids is 1. The van der Waals surface area contributed by atoms with E-state index in [9.17, 15) is 4.79 Å². The first-order chi connectivity index (χ1) is 9.68. The molecular formula is C18H19NO. The summed E-state index contributed by atoms with van der Waals surface area (Å²) < 4.78 is 0. The van der Waals surface area contributed by atoms with Crippen LogP contribution in [0.15, 0.2) is 42.5 Å². The summed E-state index contributed by atoms with van der Waals surface area (Å²) in [7, 11) is 0. The van der Waals surface area contributed by atoms with Crippen LogP contribution in [-0.2, 0) is 6.42 Å². The molecule has 0 amide bonds. The summed E-state index contributed by atoms with van der Waals surface area (Å²) in [5.74, 6) is 0.179. The second-order valence-corrected chi connectivity index (χ2v) is 5.45. The molecule has 1 unspecified atom stereocenters. The summed E-state index contributed by atoms with van der Waals surface area (Å²) in [6.07, 6.45) is 0.993. The van der Waals surface area contributed by atoms with Crippen LogP contribution in [0.4, 0.5) is 0 Å². The second kappa shape index (κ2) is 5.22. The van der Waals surface area contributed by atoms with Crippen molar-refractivity contribution in [3.8, 4) is 0 Å². The fourth-order valence-electron chi connectivity index (χ4n) is 2.91. The predicted molar refractivity (Wildman–Crippen MR) is 81.1 cm³/mol. The minimum atomic E-state index is -0.208. The molecule has 2 heteroatoms. The molecule has 0 aliphatic carbocycles. The monoisotopic (exact) mass is 265 g/mol. The fourth-order valence-corrected chi connectivity index (χ4v) is 2.91. The number of ketones is 1. The molecular weight excluding hydrogens is 246 g/mol. The summed E-state index contributed by atoms with van der Waals surface area (Å²) in [6, 6.07) is 14.0. The van der Waals surface area contributed by atoms with Gasteiger partial charge in [0.2, 0.25) is 0 Å². The zero-order valence-electron chi connectivity index (χ0n) is 11.9. The van der Waals surface area contributed by atoms with E-state index < -0.39 is 0 Å². The van der Waals surface area contributed by atoms with E-state index in [4.69, 9.17) is 0 Å². The minimum absolute atomic E-state index is 0.179. The van der Waals surface area contributed by atoms with E-state index in [0.29, 0.717) is 0 Å². The Morgan fingerprint density at radius 2 is 1.90 bits per heavy atom. The van der Waals surface area contributed by atoms with Gasteiger partial charge in [0.05, 0.1) is 6.04 Å². The first-order valence-corrected chi connectivity index (χ1v) is 7.10. The van der Waals surface area contributed by atoms with Crippen LogP contribution in [0.2, 0.25) is 0 Å². The number of hydrogen-bond acceptors (Lipinski definition) is 2. The number of aryl methyl sites for hydroxylation is 1. The number of Topliss-reactive ketones (excluding diaryl/α,β-unsaturated/α-hetero) is 1. The Balaban J connectivity index is 2.02. The third-order valence-electron chi connectivity index (χ3n) is 4.24. The maximum Gasteiger partial charge on any atom is 0.184 e. The zero-order chi connectivity index (χ0) is 14.1. The number of hydrogen-bond donors (Lipinski definition) is 1. The highest BCUT2D eigenvalue weighted by Crippen LogP contribution is 2.27. The summed E-state index contributed by atoms with van der Waals surface area (Å²) in [5.41, 5.74) is 5.50. The highest BCUT2D eigenvalue weighted by molar-refractivity contribution is 6.02. The lowest BCUT2D eigenvalue weighted by atomic mass is 9.87. The molecule has 1 heterocycles. The molecule has 2 aromatic rings. The van der Waals surface area contributed by atoms with Crippen molar-refractivity contribution in [2.75, 3.05) is 6.54 Å². The summed E-state index contributed by atoms with van der Waals surface area (Å²) in [6.45, 7) is 4.93. The van der Waals surface area contributed by atoms with Crippen LogP contribution >= 0.6 is 0 Å². The van der Waals surface area contributed by atoms with Gasteiger partial charge in [0.1, 0.15) is 0 Å². The molecule has 0 radical (unpaired) electrons. The standard InChI is InChI=1S/C18H19NO/c1-12-6-5-9-15(13(12)2)18(20)17-16-8-4-3-7-14(16)10-11-19-17/h3-9,17,19H,10-11H2,1-2H3. The molecule has 0 saturated carbocycles. The van der Waals surface area contributed by atoms with E-state index in [2.05, 4.69) is 17.4 Å². The van der Waals surface area contributed by atoms with Gasteiger partial charge in [0, 0.05) is 12.1 Å². The fraction of sp³-hybridized carbons (Fsp3) is 0.278. The highest BCUT2D eigenvalue weighted by Gasteiger charge is 2.27. The van der Waals surface area contributed by atoms with E-state index in [1.54, 1.807) is 0 Å². The lowest BCUT2D eigenvalue weighted by Gasteiger charge is -2.26. The van der Waals surface area contributed by atoms with E-state index >= 15 is 0 Å². The largest absolute Gasteiger partial charge is 0.303 e. The van der Waals surface area contributed by atoms with Gasteiger partial charge < -0.3 is 5.32 Å². The maximum atomic E-state index is 12.9. The van der Waals surface area contributed by atoms with Crippen molar-refractivity contribution in [3.63, 3.8) is 0 Å². The lowest BCUT2D eigenvalue weighted by Crippen LogP contribution is -2.35. The average Bonchev–Trinajstić information content (AvgIpc) is 2.49.